The molecule has 6 heteroatoms. The molecule has 102 valence electrons. The highest BCUT2D eigenvalue weighted by atomic mass is 16.5. The fraction of sp³-hybridized carbons (Fsp3) is 0.833. The van der Waals surface area contributed by atoms with Gasteiger partial charge in [-0.25, -0.2) is 5.43 Å². The van der Waals surface area contributed by atoms with Gasteiger partial charge in [0.05, 0.1) is 12.7 Å². The first-order valence-corrected chi connectivity index (χ1v) is 6.46. The maximum Gasteiger partial charge on any atom is 0.322 e. The smallest absolute Gasteiger partial charge is 0.322 e. The lowest BCUT2D eigenvalue weighted by Gasteiger charge is -2.27. The summed E-state index contributed by atoms with van der Waals surface area (Å²) in [5.74, 6) is -0.900. The van der Waals surface area contributed by atoms with E-state index in [1.165, 1.54) is 0 Å². The number of aliphatic hydroxyl groups excluding tert-OH is 1. The molecule has 4 atom stereocenters. The Morgan fingerprint density at radius 3 is 2.61 bits per heavy atom. The summed E-state index contributed by atoms with van der Waals surface area (Å²) >= 11 is 0. The molecule has 0 bridgehead atoms. The van der Waals surface area contributed by atoms with Gasteiger partial charge in [-0.2, -0.15) is 0 Å². The monoisotopic (exact) mass is 256 g/mol. The van der Waals surface area contributed by atoms with E-state index in [0.717, 1.165) is 6.42 Å². The van der Waals surface area contributed by atoms with E-state index in [9.17, 15) is 14.7 Å². The van der Waals surface area contributed by atoms with Crippen molar-refractivity contribution >= 4 is 11.9 Å². The van der Waals surface area contributed by atoms with Gasteiger partial charge in [0, 0.05) is 6.54 Å². The van der Waals surface area contributed by atoms with Crippen LogP contribution in [-0.2, 0) is 14.3 Å². The van der Waals surface area contributed by atoms with Crippen molar-refractivity contribution in [3.63, 3.8) is 0 Å². The van der Waals surface area contributed by atoms with Crippen LogP contribution in [0.3, 0.4) is 0 Å². The lowest BCUT2D eigenvalue weighted by atomic mass is 9.81. The van der Waals surface area contributed by atoms with Gasteiger partial charge in [-0.1, -0.05) is 6.92 Å². The van der Waals surface area contributed by atoms with Crippen molar-refractivity contribution in [2.75, 3.05) is 13.2 Å². The number of aliphatic hydroxyl groups is 1. The molecule has 2 fully saturated rings. The van der Waals surface area contributed by atoms with Gasteiger partial charge in [-0.05, 0) is 31.6 Å². The third-order valence-corrected chi connectivity index (χ3v) is 3.92. The Morgan fingerprint density at radius 2 is 2.17 bits per heavy atom. The summed E-state index contributed by atoms with van der Waals surface area (Å²) in [7, 11) is 0. The molecule has 0 aromatic heterocycles. The molecule has 0 spiro atoms. The summed E-state index contributed by atoms with van der Waals surface area (Å²) in [6.07, 6.45) is 0.310. The summed E-state index contributed by atoms with van der Waals surface area (Å²) in [5.41, 5.74) is 4.04. The van der Waals surface area contributed by atoms with Crippen LogP contribution in [0.25, 0.3) is 0 Å². The average molecular weight is 256 g/mol. The number of fused-ring (bicyclic) bond motifs is 1. The van der Waals surface area contributed by atoms with Gasteiger partial charge in [0.15, 0.2) is 5.41 Å². The number of esters is 1. The fourth-order valence-electron chi connectivity index (χ4n) is 2.97. The number of amides is 1. The normalized spacial score (nSPS) is 36.9. The van der Waals surface area contributed by atoms with Crippen molar-refractivity contribution in [2.24, 2.45) is 17.3 Å². The number of hydrazine groups is 1. The number of ether oxygens (including phenoxy) is 1. The van der Waals surface area contributed by atoms with Gasteiger partial charge < -0.3 is 9.84 Å². The van der Waals surface area contributed by atoms with Gasteiger partial charge >= 0.3 is 5.97 Å². The second-order valence-electron chi connectivity index (χ2n) is 4.95. The van der Waals surface area contributed by atoms with E-state index in [1.807, 2.05) is 6.92 Å². The molecule has 2 aliphatic carbocycles. The molecule has 3 N–H and O–H groups in total. The van der Waals surface area contributed by atoms with Crippen molar-refractivity contribution in [3.05, 3.63) is 0 Å². The topological polar surface area (TPSA) is 87.7 Å². The molecule has 0 heterocycles. The molecule has 0 radical (unpaired) electrons. The Labute approximate surface area is 106 Å². The van der Waals surface area contributed by atoms with Crippen LogP contribution in [0.5, 0.6) is 0 Å². The van der Waals surface area contributed by atoms with Crippen LogP contribution in [0, 0.1) is 17.3 Å². The Balaban J connectivity index is 2.18. The molecular weight excluding hydrogens is 236 g/mol. The molecule has 6 nitrogen and oxygen atoms in total. The largest absolute Gasteiger partial charge is 0.465 e. The summed E-state index contributed by atoms with van der Waals surface area (Å²) in [6.45, 7) is 4.37. The maximum atomic E-state index is 12.2. The molecule has 0 aromatic carbocycles. The van der Waals surface area contributed by atoms with E-state index >= 15 is 0 Å². The minimum absolute atomic E-state index is 0.0711. The van der Waals surface area contributed by atoms with Crippen LogP contribution in [0.4, 0.5) is 0 Å². The van der Waals surface area contributed by atoms with E-state index < -0.39 is 17.5 Å². The second kappa shape index (κ2) is 4.85. The number of rotatable bonds is 5. The van der Waals surface area contributed by atoms with Gasteiger partial charge in [-0.3, -0.25) is 15.0 Å². The molecule has 2 aliphatic rings. The number of hydrogen-bond donors (Lipinski definition) is 3. The van der Waals surface area contributed by atoms with Gasteiger partial charge in [0.1, 0.15) is 0 Å². The molecule has 2 saturated carbocycles. The van der Waals surface area contributed by atoms with Crippen molar-refractivity contribution in [1.82, 2.24) is 10.9 Å². The quantitative estimate of drug-likeness (QED) is 0.353. The predicted molar refractivity (Wildman–Crippen MR) is 63.1 cm³/mol. The Morgan fingerprint density at radius 1 is 1.44 bits per heavy atom. The van der Waals surface area contributed by atoms with Crippen LogP contribution < -0.4 is 10.9 Å². The van der Waals surface area contributed by atoms with Crippen LogP contribution in [-0.4, -0.2) is 36.2 Å². The van der Waals surface area contributed by atoms with E-state index in [0.29, 0.717) is 6.54 Å². The molecule has 0 aromatic rings. The van der Waals surface area contributed by atoms with Crippen LogP contribution in [0.1, 0.15) is 26.7 Å². The highest BCUT2D eigenvalue weighted by Gasteiger charge is 2.70. The van der Waals surface area contributed by atoms with Crippen LogP contribution in [0.2, 0.25) is 0 Å². The zero-order chi connectivity index (χ0) is 13.3. The van der Waals surface area contributed by atoms with Gasteiger partial charge in [0.25, 0.3) is 5.91 Å². The highest BCUT2D eigenvalue weighted by Crippen LogP contribution is 2.62. The molecule has 0 aliphatic heterocycles. The molecule has 1 amide bonds. The van der Waals surface area contributed by atoms with Gasteiger partial charge in [0.2, 0.25) is 0 Å². The van der Waals surface area contributed by atoms with E-state index in [1.54, 1.807) is 6.92 Å². The third kappa shape index (κ3) is 1.89. The zero-order valence-electron chi connectivity index (χ0n) is 10.7. The van der Waals surface area contributed by atoms with E-state index in [-0.39, 0.29) is 30.8 Å². The Hall–Kier alpha value is -1.14. The average Bonchev–Trinajstić information content (AvgIpc) is 3.08. The van der Waals surface area contributed by atoms with Crippen LogP contribution in [0.15, 0.2) is 0 Å². The van der Waals surface area contributed by atoms with Gasteiger partial charge in [-0.15, -0.1) is 0 Å². The SMILES string of the molecule is CCNNC(=O)[C@]1(C(=O)OCC)C[C@H](O)C2CC21. The minimum atomic E-state index is -1.21. The van der Waals surface area contributed by atoms with E-state index in [4.69, 9.17) is 4.74 Å². The van der Waals surface area contributed by atoms with Crippen molar-refractivity contribution in [1.29, 1.82) is 0 Å². The summed E-state index contributed by atoms with van der Waals surface area (Å²) in [5, 5.41) is 9.86. The van der Waals surface area contributed by atoms with Crippen molar-refractivity contribution < 1.29 is 19.4 Å². The first-order valence-electron chi connectivity index (χ1n) is 6.46. The van der Waals surface area contributed by atoms with Crippen molar-refractivity contribution in [2.45, 2.75) is 32.8 Å². The molecular formula is C12H20N2O4. The second-order valence-corrected chi connectivity index (χ2v) is 4.95. The number of carbonyl (C=O) groups excluding carboxylic acids is 2. The Bertz CT molecular complexity index is 360. The van der Waals surface area contributed by atoms with Crippen molar-refractivity contribution in [3.8, 4) is 0 Å². The standard InChI is InChI=1S/C12H20N2O4/c1-3-13-14-10(16)12(11(17)18-4-2)6-9(15)7-5-8(7)12/h7-9,13,15H,3-6H2,1-2H3,(H,14,16)/t7?,8?,9-,12-/m0/s1. The molecule has 18 heavy (non-hydrogen) atoms. The zero-order valence-corrected chi connectivity index (χ0v) is 10.7. The Kier molecular flexibility index (Phi) is 3.59. The number of hydrogen-bond acceptors (Lipinski definition) is 5. The minimum Gasteiger partial charge on any atom is -0.465 e. The highest BCUT2D eigenvalue weighted by molar-refractivity contribution is 6.04. The first kappa shape index (κ1) is 13.3. The fourth-order valence-corrected chi connectivity index (χ4v) is 2.97. The lowest BCUT2D eigenvalue weighted by molar-refractivity contribution is -0.163. The maximum absolute atomic E-state index is 12.2. The van der Waals surface area contributed by atoms with E-state index in [2.05, 4.69) is 10.9 Å². The summed E-state index contributed by atoms with van der Waals surface area (Å²) in [6, 6.07) is 0. The lowest BCUT2D eigenvalue weighted by Crippen LogP contribution is -2.52. The van der Waals surface area contributed by atoms with Crippen LogP contribution >= 0.6 is 0 Å². The summed E-state index contributed by atoms with van der Waals surface area (Å²) in [4.78, 5) is 24.4. The molecule has 0 saturated heterocycles. The molecule has 2 unspecified atom stereocenters. The first-order chi connectivity index (χ1) is 8.57. The number of nitrogens with one attached hydrogen (secondary N) is 2. The third-order valence-electron chi connectivity index (χ3n) is 3.92. The number of carbonyl (C=O) groups is 2. The summed E-state index contributed by atoms with van der Waals surface area (Å²) < 4.78 is 5.04. The molecule has 2 rings (SSSR count). The predicted octanol–water partition coefficient (Wildman–Crippen LogP) is -0.423.